The minimum absolute atomic E-state index is 0.00622. The van der Waals surface area contributed by atoms with E-state index in [-0.39, 0.29) is 11.1 Å². The smallest absolute Gasteiger partial charge is 0.172 e. The van der Waals surface area contributed by atoms with Gasteiger partial charge in [-0.25, -0.2) is 8.78 Å². The fourth-order valence-electron chi connectivity index (χ4n) is 2.04. The minimum atomic E-state index is -0.617. The average molecular weight is 232 g/mol. The quantitative estimate of drug-likeness (QED) is 0.557. The van der Waals surface area contributed by atoms with Crippen LogP contribution in [0.5, 0.6) is 0 Å². The molecule has 86 valence electrons. The van der Waals surface area contributed by atoms with Gasteiger partial charge in [0.2, 0.25) is 0 Å². The minimum Gasteiger partial charge on any atom is -0.453 e. The molecule has 3 rings (SSSR count). The number of benzene rings is 2. The molecule has 3 heteroatoms. The molecular weight excluding hydrogens is 222 g/mol. The number of halogens is 2. The van der Waals surface area contributed by atoms with Gasteiger partial charge in [0.25, 0.3) is 0 Å². The van der Waals surface area contributed by atoms with Gasteiger partial charge in [0.15, 0.2) is 11.4 Å². The van der Waals surface area contributed by atoms with Crippen LogP contribution in [0.25, 0.3) is 21.9 Å². The van der Waals surface area contributed by atoms with E-state index in [1.165, 1.54) is 13.0 Å². The number of furan rings is 1. The molecule has 0 aliphatic carbocycles. The van der Waals surface area contributed by atoms with Crippen LogP contribution in [-0.2, 0) is 0 Å². The molecule has 0 aliphatic rings. The molecule has 0 radical (unpaired) electrons. The van der Waals surface area contributed by atoms with Crippen LogP contribution in [0.15, 0.2) is 28.7 Å². The van der Waals surface area contributed by atoms with E-state index in [2.05, 4.69) is 0 Å². The molecule has 0 amide bonds. The Bertz CT molecular complexity index is 741. The van der Waals surface area contributed by atoms with Gasteiger partial charge >= 0.3 is 0 Å². The Morgan fingerprint density at radius 1 is 1.00 bits per heavy atom. The highest BCUT2D eigenvalue weighted by molar-refractivity contribution is 6.05. The van der Waals surface area contributed by atoms with Crippen molar-refractivity contribution in [2.75, 3.05) is 0 Å². The maximum absolute atomic E-state index is 13.9. The summed E-state index contributed by atoms with van der Waals surface area (Å²) in [5.41, 5.74) is 1.73. The Hall–Kier alpha value is -1.90. The second kappa shape index (κ2) is 3.29. The topological polar surface area (TPSA) is 13.1 Å². The molecule has 0 saturated heterocycles. The number of hydrogen-bond donors (Lipinski definition) is 0. The number of hydrogen-bond acceptors (Lipinski definition) is 1. The average Bonchev–Trinajstić information content (AvgIpc) is 2.64. The van der Waals surface area contributed by atoms with E-state index in [0.717, 1.165) is 10.9 Å². The Morgan fingerprint density at radius 2 is 1.76 bits per heavy atom. The summed E-state index contributed by atoms with van der Waals surface area (Å²) in [4.78, 5) is 0. The summed E-state index contributed by atoms with van der Waals surface area (Å²) in [6.45, 7) is 3.33. The van der Waals surface area contributed by atoms with Crippen molar-refractivity contribution in [3.8, 4) is 0 Å². The normalized spacial score (nSPS) is 11.5. The standard InChI is InChI=1S/C14H10F2O/c1-7-3-4-9-10-6-11(15)8(2)13(16)14(10)17-12(9)5-7/h3-6H,1-2H3. The highest BCUT2D eigenvalue weighted by Gasteiger charge is 2.16. The zero-order chi connectivity index (χ0) is 12.2. The zero-order valence-corrected chi connectivity index (χ0v) is 9.47. The SMILES string of the molecule is Cc1ccc2c(c1)oc1c(F)c(C)c(F)cc12. The third kappa shape index (κ3) is 1.35. The first-order valence-electron chi connectivity index (χ1n) is 5.35. The number of rotatable bonds is 0. The van der Waals surface area contributed by atoms with Crippen LogP contribution in [0.2, 0.25) is 0 Å². The first-order chi connectivity index (χ1) is 8.08. The number of aryl methyl sites for hydroxylation is 1. The maximum atomic E-state index is 13.9. The summed E-state index contributed by atoms with van der Waals surface area (Å²) >= 11 is 0. The van der Waals surface area contributed by atoms with Crippen LogP contribution in [0.4, 0.5) is 8.78 Å². The van der Waals surface area contributed by atoms with Crippen molar-refractivity contribution in [3.63, 3.8) is 0 Å². The van der Waals surface area contributed by atoms with Crippen molar-refractivity contribution < 1.29 is 13.2 Å². The van der Waals surface area contributed by atoms with Gasteiger partial charge in [0.05, 0.1) is 0 Å². The lowest BCUT2D eigenvalue weighted by atomic mass is 10.1. The molecule has 17 heavy (non-hydrogen) atoms. The molecule has 1 heterocycles. The van der Waals surface area contributed by atoms with Gasteiger partial charge in [-0.15, -0.1) is 0 Å². The molecule has 1 aromatic heterocycles. The second-order valence-electron chi connectivity index (χ2n) is 4.28. The Balaban J connectivity index is 2.56. The van der Waals surface area contributed by atoms with Crippen molar-refractivity contribution in [1.82, 2.24) is 0 Å². The van der Waals surface area contributed by atoms with E-state index >= 15 is 0 Å². The Morgan fingerprint density at radius 3 is 2.53 bits per heavy atom. The van der Waals surface area contributed by atoms with Crippen LogP contribution in [0.1, 0.15) is 11.1 Å². The predicted octanol–water partition coefficient (Wildman–Crippen LogP) is 4.48. The van der Waals surface area contributed by atoms with E-state index in [1.807, 2.05) is 25.1 Å². The summed E-state index contributed by atoms with van der Waals surface area (Å²) in [7, 11) is 0. The Kier molecular flexibility index (Phi) is 1.99. The second-order valence-corrected chi connectivity index (χ2v) is 4.28. The molecule has 2 aromatic carbocycles. The molecule has 0 atom stereocenters. The highest BCUT2D eigenvalue weighted by Crippen LogP contribution is 2.33. The van der Waals surface area contributed by atoms with Gasteiger partial charge in [-0.1, -0.05) is 12.1 Å². The van der Waals surface area contributed by atoms with Crippen LogP contribution >= 0.6 is 0 Å². The highest BCUT2D eigenvalue weighted by atomic mass is 19.1. The van der Waals surface area contributed by atoms with Gasteiger partial charge in [-0.05, 0) is 31.5 Å². The fourth-order valence-corrected chi connectivity index (χ4v) is 2.04. The summed E-state index contributed by atoms with van der Waals surface area (Å²) in [6.07, 6.45) is 0. The van der Waals surface area contributed by atoms with Crippen LogP contribution < -0.4 is 0 Å². The van der Waals surface area contributed by atoms with Gasteiger partial charge in [0.1, 0.15) is 11.4 Å². The van der Waals surface area contributed by atoms with Crippen molar-refractivity contribution >= 4 is 21.9 Å². The molecule has 0 aliphatic heterocycles. The van der Waals surface area contributed by atoms with E-state index < -0.39 is 11.6 Å². The molecule has 0 N–H and O–H groups in total. The van der Waals surface area contributed by atoms with Gasteiger partial charge in [0, 0.05) is 16.3 Å². The Labute approximate surface area is 96.7 Å². The van der Waals surface area contributed by atoms with Crippen molar-refractivity contribution in [2.24, 2.45) is 0 Å². The third-order valence-electron chi connectivity index (χ3n) is 3.04. The van der Waals surface area contributed by atoms with E-state index in [4.69, 9.17) is 4.42 Å². The molecule has 3 aromatic rings. The lowest BCUT2D eigenvalue weighted by Gasteiger charge is -1.98. The van der Waals surface area contributed by atoms with Crippen molar-refractivity contribution in [3.05, 3.63) is 47.0 Å². The first-order valence-corrected chi connectivity index (χ1v) is 5.35. The molecule has 0 spiro atoms. The van der Waals surface area contributed by atoms with Gasteiger partial charge in [-0.3, -0.25) is 0 Å². The van der Waals surface area contributed by atoms with Crippen molar-refractivity contribution in [1.29, 1.82) is 0 Å². The lowest BCUT2D eigenvalue weighted by Crippen LogP contribution is -1.88. The molecule has 0 unspecified atom stereocenters. The summed E-state index contributed by atoms with van der Waals surface area (Å²) in [5, 5.41) is 1.23. The van der Waals surface area contributed by atoms with Crippen LogP contribution in [0.3, 0.4) is 0 Å². The van der Waals surface area contributed by atoms with Crippen molar-refractivity contribution in [2.45, 2.75) is 13.8 Å². The molecular formula is C14H10F2O. The lowest BCUT2D eigenvalue weighted by molar-refractivity contribution is 0.551. The predicted molar refractivity (Wildman–Crippen MR) is 63.1 cm³/mol. The van der Waals surface area contributed by atoms with Crippen LogP contribution in [0, 0.1) is 25.5 Å². The third-order valence-corrected chi connectivity index (χ3v) is 3.04. The van der Waals surface area contributed by atoms with E-state index in [9.17, 15) is 8.78 Å². The van der Waals surface area contributed by atoms with Crippen LogP contribution in [-0.4, -0.2) is 0 Å². The zero-order valence-electron chi connectivity index (χ0n) is 9.47. The molecule has 1 nitrogen and oxygen atoms in total. The summed E-state index contributed by atoms with van der Waals surface area (Å²) in [6, 6.07) is 6.87. The monoisotopic (exact) mass is 232 g/mol. The van der Waals surface area contributed by atoms with E-state index in [1.54, 1.807) is 0 Å². The fraction of sp³-hybridized carbons (Fsp3) is 0.143. The maximum Gasteiger partial charge on any atom is 0.172 e. The molecule has 0 bridgehead atoms. The molecule has 0 fully saturated rings. The first kappa shape index (κ1) is 10.3. The summed E-state index contributed by atoms with van der Waals surface area (Å²) in [5.74, 6) is -1.16. The number of fused-ring (bicyclic) bond motifs is 3. The molecule has 0 saturated carbocycles. The van der Waals surface area contributed by atoms with Gasteiger partial charge in [-0.2, -0.15) is 0 Å². The largest absolute Gasteiger partial charge is 0.453 e. The van der Waals surface area contributed by atoms with E-state index in [0.29, 0.717) is 11.0 Å². The summed E-state index contributed by atoms with van der Waals surface area (Å²) < 4.78 is 32.8. The van der Waals surface area contributed by atoms with Gasteiger partial charge < -0.3 is 4.42 Å².